The molecule has 2 nitrogen and oxygen atoms in total. The van der Waals surface area contributed by atoms with E-state index in [0.717, 1.165) is 55.7 Å². The summed E-state index contributed by atoms with van der Waals surface area (Å²) in [6, 6.07) is 72.9. The minimum absolute atomic E-state index is 0.148. The molecule has 0 amide bonds. The first-order chi connectivity index (χ1) is 28.0. The molecule has 270 valence electrons. The Balaban J connectivity index is 1.15. The molecule has 1 aliphatic rings. The van der Waals surface area contributed by atoms with Crippen LogP contribution in [-0.4, -0.2) is 0 Å². The third-order valence-electron chi connectivity index (χ3n) is 12.1. The average molecular weight is 730 g/mol. The number of nitrogens with zero attached hydrogens (tertiary/aromatic N) is 1. The second kappa shape index (κ2) is 13.0. The maximum atomic E-state index is 6.36. The highest BCUT2D eigenvalue weighted by Gasteiger charge is 2.36. The molecule has 1 aliphatic carbocycles. The summed E-state index contributed by atoms with van der Waals surface area (Å²) in [4.78, 5) is 2.47. The molecule has 57 heavy (non-hydrogen) atoms. The summed E-state index contributed by atoms with van der Waals surface area (Å²) >= 11 is 0. The van der Waals surface area contributed by atoms with E-state index in [2.05, 4.69) is 207 Å². The maximum Gasteiger partial charge on any atom is 0.136 e. The van der Waals surface area contributed by atoms with Crippen LogP contribution < -0.4 is 4.90 Å². The molecular weight excluding hydrogens is 691 g/mol. The largest absolute Gasteiger partial charge is 0.456 e. The van der Waals surface area contributed by atoms with E-state index < -0.39 is 0 Å². The zero-order chi connectivity index (χ0) is 38.1. The lowest BCUT2D eigenvalue weighted by Gasteiger charge is -2.30. The minimum atomic E-state index is -0.148. The van der Waals surface area contributed by atoms with Crippen molar-refractivity contribution in [2.75, 3.05) is 4.90 Å². The fraction of sp³-hybridized carbons (Fsp3) is 0.0545. The van der Waals surface area contributed by atoms with Gasteiger partial charge in [0.2, 0.25) is 0 Å². The predicted octanol–water partition coefficient (Wildman–Crippen LogP) is 15.5. The van der Waals surface area contributed by atoms with E-state index in [1.54, 1.807) is 0 Å². The van der Waals surface area contributed by atoms with E-state index in [9.17, 15) is 0 Å². The molecule has 11 rings (SSSR count). The van der Waals surface area contributed by atoms with Gasteiger partial charge in [-0.25, -0.2) is 0 Å². The van der Waals surface area contributed by atoms with Crippen LogP contribution in [0.3, 0.4) is 0 Å². The molecular formula is C55H39NO. The Morgan fingerprint density at radius 3 is 1.91 bits per heavy atom. The Kier molecular flexibility index (Phi) is 7.55. The molecule has 0 aliphatic heterocycles. The fourth-order valence-electron chi connectivity index (χ4n) is 9.21. The third kappa shape index (κ3) is 5.40. The van der Waals surface area contributed by atoms with E-state index in [4.69, 9.17) is 4.42 Å². The Bertz CT molecular complexity index is 3160. The Morgan fingerprint density at radius 2 is 1.00 bits per heavy atom. The lowest BCUT2D eigenvalue weighted by molar-refractivity contribution is 0.660. The summed E-state index contributed by atoms with van der Waals surface area (Å²) in [5.74, 6) is 0. The highest BCUT2D eigenvalue weighted by atomic mass is 16.3. The zero-order valence-corrected chi connectivity index (χ0v) is 31.9. The first-order valence-corrected chi connectivity index (χ1v) is 19.8. The lowest BCUT2D eigenvalue weighted by Crippen LogP contribution is -2.17. The molecule has 0 radical (unpaired) electrons. The van der Waals surface area contributed by atoms with Crippen molar-refractivity contribution in [2.45, 2.75) is 19.3 Å². The van der Waals surface area contributed by atoms with E-state index in [1.165, 1.54) is 49.7 Å². The summed E-state index contributed by atoms with van der Waals surface area (Å²) in [6.45, 7) is 4.72. The summed E-state index contributed by atoms with van der Waals surface area (Å²) < 4.78 is 6.36. The van der Waals surface area contributed by atoms with Gasteiger partial charge in [-0.2, -0.15) is 0 Å². The van der Waals surface area contributed by atoms with Crippen molar-refractivity contribution in [1.29, 1.82) is 0 Å². The van der Waals surface area contributed by atoms with Gasteiger partial charge in [-0.3, -0.25) is 0 Å². The summed E-state index contributed by atoms with van der Waals surface area (Å²) in [5, 5.41) is 4.74. The van der Waals surface area contributed by atoms with Gasteiger partial charge in [-0.05, 0) is 109 Å². The van der Waals surface area contributed by atoms with E-state index in [-0.39, 0.29) is 5.41 Å². The molecule has 1 aromatic heterocycles. The molecule has 0 saturated carbocycles. The number of hydrogen-bond donors (Lipinski definition) is 0. The number of rotatable bonds is 6. The highest BCUT2D eigenvalue weighted by Crippen LogP contribution is 2.52. The number of hydrogen-bond acceptors (Lipinski definition) is 2. The third-order valence-corrected chi connectivity index (χ3v) is 12.1. The smallest absolute Gasteiger partial charge is 0.136 e. The molecule has 0 bridgehead atoms. The van der Waals surface area contributed by atoms with Crippen LogP contribution in [0, 0.1) is 0 Å². The number of benzene rings is 9. The quantitative estimate of drug-likeness (QED) is 0.169. The molecule has 0 saturated heterocycles. The predicted molar refractivity (Wildman–Crippen MR) is 240 cm³/mol. The van der Waals surface area contributed by atoms with Crippen molar-refractivity contribution in [3.8, 4) is 44.5 Å². The molecule has 9 aromatic carbocycles. The molecule has 10 aromatic rings. The second-order valence-electron chi connectivity index (χ2n) is 15.7. The van der Waals surface area contributed by atoms with Crippen molar-refractivity contribution in [3.05, 3.63) is 211 Å². The van der Waals surface area contributed by atoms with Crippen molar-refractivity contribution in [2.24, 2.45) is 0 Å². The molecule has 0 fully saturated rings. The average Bonchev–Trinajstić information content (AvgIpc) is 3.75. The van der Waals surface area contributed by atoms with Gasteiger partial charge in [0, 0.05) is 33.1 Å². The Hall–Kier alpha value is -7.16. The van der Waals surface area contributed by atoms with Crippen molar-refractivity contribution in [3.63, 3.8) is 0 Å². The summed E-state index contributed by atoms with van der Waals surface area (Å²) in [7, 11) is 0. The fourth-order valence-corrected chi connectivity index (χ4v) is 9.21. The van der Waals surface area contributed by atoms with Gasteiger partial charge in [0.05, 0.1) is 5.69 Å². The molecule has 0 N–H and O–H groups in total. The van der Waals surface area contributed by atoms with Crippen LogP contribution in [0.15, 0.2) is 205 Å². The van der Waals surface area contributed by atoms with E-state index >= 15 is 0 Å². The summed E-state index contributed by atoms with van der Waals surface area (Å²) in [5.41, 5.74) is 17.3. The maximum absolute atomic E-state index is 6.36. The lowest BCUT2D eigenvalue weighted by atomic mass is 9.82. The Labute approximate surface area is 332 Å². The standard InChI is InChI=1S/C55H39NO/c1-55(2)50-24-10-8-21-46(50)47-31-28-42(35-51(47)55)56(41-19-12-18-38(32-41)39-26-30-49-48-22-9-11-25-53(48)57-54(49)34-39)52-33-40(27-29-45(52)37-14-4-3-5-15-37)44-23-13-17-36-16-6-7-20-43(36)44/h3-35H,1-2H3. The number of furan rings is 1. The Morgan fingerprint density at radius 1 is 0.368 bits per heavy atom. The molecule has 0 atom stereocenters. The van der Waals surface area contributed by atoms with Crippen LogP contribution in [0.1, 0.15) is 25.0 Å². The first-order valence-electron chi connectivity index (χ1n) is 19.8. The van der Waals surface area contributed by atoms with Gasteiger partial charge < -0.3 is 9.32 Å². The van der Waals surface area contributed by atoms with Gasteiger partial charge in [0.25, 0.3) is 0 Å². The van der Waals surface area contributed by atoms with Crippen LogP contribution in [0.4, 0.5) is 17.1 Å². The van der Waals surface area contributed by atoms with Crippen molar-refractivity contribution in [1.82, 2.24) is 0 Å². The monoisotopic (exact) mass is 729 g/mol. The summed E-state index contributed by atoms with van der Waals surface area (Å²) in [6.07, 6.45) is 0. The SMILES string of the molecule is CC1(C)c2ccccc2-c2ccc(N(c3cccc(-c4ccc5c(c4)oc4ccccc45)c3)c3cc(-c4cccc5ccccc45)ccc3-c3ccccc3)cc21. The van der Waals surface area contributed by atoms with Gasteiger partial charge >= 0.3 is 0 Å². The number of anilines is 3. The van der Waals surface area contributed by atoms with E-state index in [0.29, 0.717) is 0 Å². The van der Waals surface area contributed by atoms with Crippen molar-refractivity contribution >= 4 is 49.8 Å². The zero-order valence-electron chi connectivity index (χ0n) is 31.9. The molecule has 0 spiro atoms. The van der Waals surface area contributed by atoms with E-state index in [1.807, 2.05) is 12.1 Å². The first kappa shape index (κ1) is 33.2. The number of fused-ring (bicyclic) bond motifs is 7. The number of para-hydroxylation sites is 1. The second-order valence-corrected chi connectivity index (χ2v) is 15.7. The minimum Gasteiger partial charge on any atom is -0.456 e. The van der Waals surface area contributed by atoms with Gasteiger partial charge in [-0.15, -0.1) is 0 Å². The van der Waals surface area contributed by atoms with Gasteiger partial charge in [-0.1, -0.05) is 166 Å². The van der Waals surface area contributed by atoms with Crippen LogP contribution in [-0.2, 0) is 5.41 Å². The van der Waals surface area contributed by atoms with Crippen LogP contribution in [0.2, 0.25) is 0 Å². The van der Waals surface area contributed by atoms with Crippen LogP contribution in [0.5, 0.6) is 0 Å². The topological polar surface area (TPSA) is 16.4 Å². The molecule has 1 heterocycles. The van der Waals surface area contributed by atoms with Crippen LogP contribution in [0.25, 0.3) is 77.2 Å². The molecule has 2 heteroatoms. The highest BCUT2D eigenvalue weighted by molar-refractivity contribution is 6.06. The van der Waals surface area contributed by atoms with Crippen molar-refractivity contribution < 1.29 is 4.42 Å². The van der Waals surface area contributed by atoms with Gasteiger partial charge in [0.1, 0.15) is 11.2 Å². The van der Waals surface area contributed by atoms with Gasteiger partial charge in [0.15, 0.2) is 0 Å². The normalized spacial score (nSPS) is 12.9. The van der Waals surface area contributed by atoms with Crippen LogP contribution >= 0.6 is 0 Å². The molecule has 0 unspecified atom stereocenters.